The van der Waals surface area contributed by atoms with Gasteiger partial charge in [-0.1, -0.05) is 164 Å². The number of hydrogen-bond acceptors (Lipinski definition) is 0. The number of allylic oxidation sites excluding steroid dienone is 2. The molecule has 0 spiro atoms. The molecule has 0 nitrogen and oxygen atoms in total. The van der Waals surface area contributed by atoms with E-state index in [1.807, 2.05) is 0 Å². The third-order valence-corrected chi connectivity index (χ3v) is 12.2. The van der Waals surface area contributed by atoms with E-state index < -0.39 is 7.92 Å². The van der Waals surface area contributed by atoms with Gasteiger partial charge < -0.3 is 0 Å². The lowest BCUT2D eigenvalue weighted by Crippen LogP contribution is -2.26. The molecule has 7 aromatic carbocycles. The second-order valence-electron chi connectivity index (χ2n) is 12.0. The van der Waals surface area contributed by atoms with E-state index in [2.05, 4.69) is 164 Å². The molecular weight excluding hydrogens is 559 g/mol. The second-order valence-corrected chi connectivity index (χ2v) is 14.1. The second kappa shape index (κ2) is 10.8. The molecule has 0 fully saturated rings. The van der Waals surface area contributed by atoms with Crippen LogP contribution < -0.4 is 15.9 Å². The fourth-order valence-electron chi connectivity index (χ4n) is 7.55. The van der Waals surface area contributed by atoms with Gasteiger partial charge in [0.2, 0.25) is 0 Å². The van der Waals surface area contributed by atoms with Crippen LogP contribution in [0.4, 0.5) is 0 Å². The third kappa shape index (κ3) is 4.33. The smallest absolute Gasteiger partial charge is 0.00753 e. The van der Waals surface area contributed by atoms with Gasteiger partial charge in [-0.05, 0) is 103 Å². The van der Waals surface area contributed by atoms with Crippen LogP contribution in [0.2, 0.25) is 0 Å². The van der Waals surface area contributed by atoms with Crippen LogP contribution in [0.3, 0.4) is 0 Å². The van der Waals surface area contributed by atoms with Crippen LogP contribution in [0, 0.1) is 0 Å². The summed E-state index contributed by atoms with van der Waals surface area (Å²) in [6, 6.07) is 56.3. The van der Waals surface area contributed by atoms with Crippen molar-refractivity contribution in [3.05, 3.63) is 197 Å². The normalized spacial score (nSPS) is 13.6. The Bertz CT molecular complexity index is 2170. The van der Waals surface area contributed by atoms with Crippen molar-refractivity contribution in [3.63, 3.8) is 0 Å². The van der Waals surface area contributed by atoms with Crippen molar-refractivity contribution >= 4 is 56.5 Å². The van der Waals surface area contributed by atoms with Gasteiger partial charge in [-0.2, -0.15) is 0 Å². The van der Waals surface area contributed by atoms with Crippen molar-refractivity contribution < 1.29 is 0 Å². The van der Waals surface area contributed by atoms with Crippen LogP contribution >= 0.6 is 7.92 Å². The van der Waals surface area contributed by atoms with Crippen LogP contribution in [0.25, 0.3) is 32.7 Å². The minimum atomic E-state index is -0.763. The lowest BCUT2D eigenvalue weighted by Gasteiger charge is -2.25. The molecule has 0 aromatic heterocycles. The fraction of sp³-hybridized carbons (Fsp3) is 0.0455. The first-order valence-electron chi connectivity index (χ1n) is 15.8. The van der Waals surface area contributed by atoms with Crippen LogP contribution in [-0.2, 0) is 12.8 Å². The van der Waals surface area contributed by atoms with Crippen molar-refractivity contribution in [2.45, 2.75) is 12.8 Å². The van der Waals surface area contributed by atoms with Gasteiger partial charge in [-0.25, -0.2) is 0 Å². The Morgan fingerprint density at radius 3 is 1.31 bits per heavy atom. The number of rotatable bonds is 5. The molecule has 7 aromatic rings. The Balaban J connectivity index is 1.20. The number of hydrogen-bond donors (Lipinski definition) is 0. The summed E-state index contributed by atoms with van der Waals surface area (Å²) in [7, 11) is -0.763. The van der Waals surface area contributed by atoms with Crippen molar-refractivity contribution in [2.75, 3.05) is 0 Å². The summed E-state index contributed by atoms with van der Waals surface area (Å²) in [5.74, 6) is 0. The Morgan fingerprint density at radius 2 is 0.778 bits per heavy atom. The lowest BCUT2D eigenvalue weighted by molar-refractivity contribution is 1.33. The molecule has 1 heteroatoms. The van der Waals surface area contributed by atoms with E-state index in [1.54, 1.807) is 0 Å². The SMILES string of the molecule is C1=C(c2cccc3ccccc23)c2cccc(P(c3ccccc3)c3cccc4c3CC=C4c3cccc4ccccc34)c2C1. The highest BCUT2D eigenvalue weighted by Crippen LogP contribution is 2.44. The molecule has 0 heterocycles. The van der Waals surface area contributed by atoms with E-state index in [-0.39, 0.29) is 0 Å². The minimum Gasteiger partial charge on any atom is -0.0716 e. The van der Waals surface area contributed by atoms with Crippen molar-refractivity contribution in [3.8, 4) is 0 Å². The summed E-state index contributed by atoms with van der Waals surface area (Å²) >= 11 is 0. The Morgan fingerprint density at radius 1 is 0.356 bits per heavy atom. The number of benzene rings is 7. The van der Waals surface area contributed by atoms with E-state index in [4.69, 9.17) is 0 Å². The fourth-order valence-corrected chi connectivity index (χ4v) is 10.3. The molecule has 45 heavy (non-hydrogen) atoms. The summed E-state index contributed by atoms with van der Waals surface area (Å²) in [4.78, 5) is 0. The maximum absolute atomic E-state index is 2.46. The predicted molar refractivity (Wildman–Crippen MR) is 195 cm³/mol. The largest absolute Gasteiger partial charge is 0.0716 e. The number of fused-ring (bicyclic) bond motifs is 4. The quantitative estimate of drug-likeness (QED) is 0.175. The van der Waals surface area contributed by atoms with Gasteiger partial charge in [0.25, 0.3) is 0 Å². The highest BCUT2D eigenvalue weighted by Gasteiger charge is 2.29. The van der Waals surface area contributed by atoms with Gasteiger partial charge in [0.1, 0.15) is 0 Å². The highest BCUT2D eigenvalue weighted by molar-refractivity contribution is 7.80. The van der Waals surface area contributed by atoms with Crippen LogP contribution in [0.1, 0.15) is 33.4 Å². The van der Waals surface area contributed by atoms with Crippen LogP contribution in [-0.4, -0.2) is 0 Å². The molecule has 0 N–H and O–H groups in total. The van der Waals surface area contributed by atoms with Crippen molar-refractivity contribution in [1.29, 1.82) is 0 Å². The van der Waals surface area contributed by atoms with Gasteiger partial charge in [-0.15, -0.1) is 0 Å². The molecule has 0 atom stereocenters. The molecular formula is C44H31P. The Hall–Kier alpha value is -5.03. The zero-order chi connectivity index (χ0) is 29.7. The summed E-state index contributed by atoms with van der Waals surface area (Å²) in [5, 5.41) is 9.60. The molecule has 9 rings (SSSR count). The summed E-state index contributed by atoms with van der Waals surface area (Å²) in [6.07, 6.45) is 6.85. The first kappa shape index (κ1) is 26.4. The molecule has 2 aliphatic carbocycles. The topological polar surface area (TPSA) is 0 Å². The van der Waals surface area contributed by atoms with Crippen LogP contribution in [0.15, 0.2) is 164 Å². The average Bonchev–Trinajstić information content (AvgIpc) is 3.74. The van der Waals surface area contributed by atoms with Crippen molar-refractivity contribution in [2.24, 2.45) is 0 Å². The van der Waals surface area contributed by atoms with Gasteiger partial charge in [0, 0.05) is 0 Å². The summed E-state index contributed by atoms with van der Waals surface area (Å²) in [6.45, 7) is 0. The lowest BCUT2D eigenvalue weighted by atomic mass is 9.94. The minimum absolute atomic E-state index is 0.763. The van der Waals surface area contributed by atoms with Gasteiger partial charge >= 0.3 is 0 Å². The summed E-state index contributed by atoms with van der Waals surface area (Å²) in [5.41, 5.74) is 11.1. The monoisotopic (exact) mass is 590 g/mol. The first-order valence-corrected chi connectivity index (χ1v) is 17.2. The molecule has 0 bridgehead atoms. The van der Waals surface area contributed by atoms with Crippen LogP contribution in [0.5, 0.6) is 0 Å². The summed E-state index contributed by atoms with van der Waals surface area (Å²) < 4.78 is 0. The first-order chi connectivity index (χ1) is 22.3. The molecule has 0 saturated carbocycles. The molecule has 0 aliphatic heterocycles. The van der Waals surface area contributed by atoms with Gasteiger partial charge in [0.15, 0.2) is 0 Å². The third-order valence-electron chi connectivity index (χ3n) is 9.56. The molecule has 0 radical (unpaired) electrons. The van der Waals surface area contributed by atoms with Gasteiger partial charge in [0.05, 0.1) is 0 Å². The maximum Gasteiger partial charge on any atom is -0.00753 e. The Labute approximate surface area is 265 Å². The molecule has 0 amide bonds. The van der Waals surface area contributed by atoms with E-state index in [9.17, 15) is 0 Å². The molecule has 2 aliphatic rings. The zero-order valence-corrected chi connectivity index (χ0v) is 25.8. The van der Waals surface area contributed by atoms with Crippen molar-refractivity contribution in [1.82, 2.24) is 0 Å². The standard InChI is InChI=1S/C44H31P/c1-2-16-32(17-3-1)45(43-24-10-22-37-39(26-28-41(37)43)35-20-8-14-30-12-4-6-18-33(30)35)44-25-11-23-38-40(27-29-42(38)44)36-21-9-15-31-13-5-7-19-34(31)36/h1-27H,28-29H2. The highest BCUT2D eigenvalue weighted by atomic mass is 31.1. The van der Waals surface area contributed by atoms with Gasteiger partial charge in [-0.3, -0.25) is 0 Å². The van der Waals surface area contributed by atoms with E-state index in [0.29, 0.717) is 0 Å². The molecule has 212 valence electrons. The maximum atomic E-state index is 2.46. The van der Waals surface area contributed by atoms with E-state index in [0.717, 1.165) is 12.8 Å². The molecule has 0 unspecified atom stereocenters. The Kier molecular flexibility index (Phi) is 6.36. The van der Waals surface area contributed by atoms with E-state index >= 15 is 0 Å². The predicted octanol–water partition coefficient (Wildman–Crippen LogP) is 9.73. The molecule has 0 saturated heterocycles. The average molecular weight is 591 g/mol. The zero-order valence-electron chi connectivity index (χ0n) is 24.9. The van der Waals surface area contributed by atoms with E-state index in [1.165, 1.54) is 82.0 Å².